The summed E-state index contributed by atoms with van der Waals surface area (Å²) in [5.41, 5.74) is 4.81. The maximum atomic E-state index is 12.7. The summed E-state index contributed by atoms with van der Waals surface area (Å²) < 4.78 is 11.7. The minimum Gasteiger partial charge on any atom is -0.451 e. The number of aromatic nitrogens is 1. The summed E-state index contributed by atoms with van der Waals surface area (Å²) in [5.74, 6) is 0.952. The highest BCUT2D eigenvalue weighted by atomic mass is 35.5. The number of carbonyl (C=O) groups is 1. The Morgan fingerprint density at radius 1 is 1.03 bits per heavy atom. The highest BCUT2D eigenvalue weighted by Crippen LogP contribution is 2.34. The molecule has 2 heterocycles. The predicted octanol–water partition coefficient (Wildman–Crippen LogP) is 8.70. The molecule has 0 radical (unpaired) electrons. The first-order valence-electron chi connectivity index (χ1n) is 12.0. The van der Waals surface area contributed by atoms with E-state index in [2.05, 4.69) is 41.6 Å². The second kappa shape index (κ2) is 11.0. The lowest BCUT2D eigenvalue weighted by Gasteiger charge is -2.09. The molecule has 0 saturated heterocycles. The zero-order valence-corrected chi connectivity index (χ0v) is 22.9. The largest absolute Gasteiger partial charge is 0.451 e. The molecule has 6 nitrogen and oxygen atoms in total. The van der Waals surface area contributed by atoms with E-state index in [1.54, 1.807) is 30.3 Å². The highest BCUT2D eigenvalue weighted by Gasteiger charge is 2.17. The van der Waals surface area contributed by atoms with E-state index in [-0.39, 0.29) is 10.9 Å². The molecule has 0 bridgehead atoms. The van der Waals surface area contributed by atoms with Gasteiger partial charge < -0.3 is 14.2 Å². The van der Waals surface area contributed by atoms with Gasteiger partial charge in [0.1, 0.15) is 11.3 Å². The van der Waals surface area contributed by atoms with Crippen molar-refractivity contribution in [3.63, 3.8) is 0 Å². The van der Waals surface area contributed by atoms with Crippen molar-refractivity contribution in [1.29, 1.82) is 0 Å². The Morgan fingerprint density at radius 2 is 1.84 bits per heavy atom. The van der Waals surface area contributed by atoms with Gasteiger partial charge in [0.25, 0.3) is 5.91 Å². The normalized spacial score (nSPS) is 11.9. The van der Waals surface area contributed by atoms with Gasteiger partial charge in [-0.25, -0.2) is 4.98 Å². The molecule has 0 saturated carbocycles. The molecule has 0 spiro atoms. The van der Waals surface area contributed by atoms with Gasteiger partial charge >= 0.3 is 0 Å². The van der Waals surface area contributed by atoms with Crippen LogP contribution >= 0.6 is 35.4 Å². The Kier molecular flexibility index (Phi) is 7.51. The molecule has 2 N–H and O–H groups in total. The van der Waals surface area contributed by atoms with Crippen LogP contribution in [-0.4, -0.2) is 16.0 Å². The van der Waals surface area contributed by atoms with Crippen molar-refractivity contribution in [1.82, 2.24) is 10.3 Å². The lowest BCUT2D eigenvalue weighted by atomic mass is 9.98. The number of rotatable bonds is 6. The Bertz CT molecular complexity index is 1660. The fraction of sp³-hybridized carbons (Fsp3) is 0.138. The van der Waals surface area contributed by atoms with Crippen LogP contribution in [0.1, 0.15) is 42.3 Å². The number of carbonyl (C=O) groups excluding carboxylic acids is 1. The maximum absolute atomic E-state index is 12.7. The van der Waals surface area contributed by atoms with Crippen LogP contribution in [0.5, 0.6) is 0 Å². The molecule has 1 atom stereocenters. The lowest BCUT2D eigenvalue weighted by Crippen LogP contribution is -2.33. The van der Waals surface area contributed by atoms with E-state index in [0.717, 1.165) is 23.1 Å². The van der Waals surface area contributed by atoms with Crippen LogP contribution in [0.15, 0.2) is 81.6 Å². The summed E-state index contributed by atoms with van der Waals surface area (Å²) in [6, 6.07) is 21.9. The molecular formula is C29H23Cl2N3O3S. The summed E-state index contributed by atoms with van der Waals surface area (Å²) >= 11 is 17.7. The molecule has 0 aliphatic carbocycles. The van der Waals surface area contributed by atoms with Crippen molar-refractivity contribution in [2.24, 2.45) is 0 Å². The minimum absolute atomic E-state index is 0.0807. The molecule has 9 heteroatoms. The van der Waals surface area contributed by atoms with E-state index >= 15 is 0 Å². The van der Waals surface area contributed by atoms with Crippen LogP contribution in [0, 0.1) is 0 Å². The molecule has 1 unspecified atom stereocenters. The topological polar surface area (TPSA) is 80.3 Å². The van der Waals surface area contributed by atoms with Gasteiger partial charge in [0.15, 0.2) is 16.5 Å². The Labute approximate surface area is 235 Å². The number of nitrogens with one attached hydrogen (secondary N) is 2. The molecule has 0 aliphatic heterocycles. The van der Waals surface area contributed by atoms with Gasteiger partial charge in [0, 0.05) is 16.8 Å². The van der Waals surface area contributed by atoms with Crippen LogP contribution in [0.2, 0.25) is 10.0 Å². The van der Waals surface area contributed by atoms with E-state index in [1.807, 2.05) is 30.3 Å². The molecule has 5 rings (SSSR count). The van der Waals surface area contributed by atoms with Gasteiger partial charge in [0.2, 0.25) is 5.89 Å². The first-order valence-corrected chi connectivity index (χ1v) is 13.2. The van der Waals surface area contributed by atoms with Gasteiger partial charge in [0.05, 0.1) is 10.0 Å². The van der Waals surface area contributed by atoms with Crippen molar-refractivity contribution >= 4 is 63.2 Å². The van der Waals surface area contributed by atoms with Crippen molar-refractivity contribution in [2.75, 3.05) is 5.32 Å². The second-order valence-electron chi connectivity index (χ2n) is 8.81. The van der Waals surface area contributed by atoms with Crippen molar-refractivity contribution in [3.05, 3.63) is 94.2 Å². The van der Waals surface area contributed by atoms with Gasteiger partial charge in [-0.15, -0.1) is 0 Å². The van der Waals surface area contributed by atoms with E-state index in [4.69, 9.17) is 44.3 Å². The number of fused-ring (bicyclic) bond motifs is 1. The summed E-state index contributed by atoms with van der Waals surface area (Å²) in [4.78, 5) is 17.4. The molecule has 192 valence electrons. The average molecular weight is 564 g/mol. The van der Waals surface area contributed by atoms with Crippen molar-refractivity contribution in [2.45, 2.75) is 26.2 Å². The number of benzene rings is 3. The van der Waals surface area contributed by atoms with Gasteiger partial charge in [-0.2, -0.15) is 0 Å². The maximum Gasteiger partial charge on any atom is 0.293 e. The standard InChI is InChI=1S/C29H23Cl2N3O3S/c1-3-16(2)17-10-11-24-22(15-17)33-28(37-24)18-6-4-7-19(14-18)32-29(38)34-27(35)25-13-12-23(36-25)20-8-5-9-21(30)26(20)31/h4-16H,3H2,1-2H3,(H2,32,34,35,38). The molecule has 2 aromatic heterocycles. The Morgan fingerprint density at radius 3 is 2.66 bits per heavy atom. The number of halogens is 2. The smallest absolute Gasteiger partial charge is 0.293 e. The number of hydrogen-bond donors (Lipinski definition) is 2. The zero-order chi connectivity index (χ0) is 26.8. The van der Waals surface area contributed by atoms with Crippen LogP contribution in [0.4, 0.5) is 5.69 Å². The summed E-state index contributed by atoms with van der Waals surface area (Å²) in [6.07, 6.45) is 1.05. The molecule has 3 aromatic carbocycles. The zero-order valence-electron chi connectivity index (χ0n) is 20.5. The molecule has 0 aliphatic rings. The van der Waals surface area contributed by atoms with Crippen molar-refractivity contribution < 1.29 is 13.6 Å². The first kappa shape index (κ1) is 26.0. The first-order chi connectivity index (χ1) is 18.3. The molecule has 0 fully saturated rings. The molecule has 38 heavy (non-hydrogen) atoms. The predicted molar refractivity (Wildman–Crippen MR) is 156 cm³/mol. The fourth-order valence-electron chi connectivity index (χ4n) is 3.97. The third-order valence-corrected chi connectivity index (χ3v) is 7.26. The fourth-order valence-corrected chi connectivity index (χ4v) is 4.57. The highest BCUT2D eigenvalue weighted by molar-refractivity contribution is 7.80. The SMILES string of the molecule is CCC(C)c1ccc2oc(-c3cccc(NC(=S)NC(=O)c4ccc(-c5cccc(Cl)c5Cl)o4)c3)nc2c1. The summed E-state index contributed by atoms with van der Waals surface area (Å²) in [5, 5.41) is 6.51. The average Bonchev–Trinajstić information content (AvgIpc) is 3.57. The summed E-state index contributed by atoms with van der Waals surface area (Å²) in [7, 11) is 0. The summed E-state index contributed by atoms with van der Waals surface area (Å²) in [6.45, 7) is 4.36. The van der Waals surface area contributed by atoms with E-state index in [1.165, 1.54) is 5.56 Å². The van der Waals surface area contributed by atoms with Gasteiger partial charge in [-0.1, -0.05) is 55.2 Å². The number of nitrogens with zero attached hydrogens (tertiary/aromatic N) is 1. The number of anilines is 1. The number of furan rings is 1. The van der Waals surface area contributed by atoms with Gasteiger partial charge in [-0.3, -0.25) is 10.1 Å². The van der Waals surface area contributed by atoms with Crippen LogP contribution in [0.25, 0.3) is 33.9 Å². The van der Waals surface area contributed by atoms with Gasteiger partial charge in [-0.05, 0) is 84.7 Å². The van der Waals surface area contributed by atoms with E-state index < -0.39 is 5.91 Å². The Hall–Kier alpha value is -3.65. The monoisotopic (exact) mass is 563 g/mol. The number of oxazole rings is 1. The van der Waals surface area contributed by atoms with E-state index in [0.29, 0.717) is 38.9 Å². The number of amides is 1. The minimum atomic E-state index is -0.501. The van der Waals surface area contributed by atoms with Crippen molar-refractivity contribution in [3.8, 4) is 22.8 Å². The van der Waals surface area contributed by atoms with E-state index in [9.17, 15) is 4.79 Å². The third kappa shape index (κ3) is 5.45. The quantitative estimate of drug-likeness (QED) is 0.201. The number of hydrogen-bond acceptors (Lipinski definition) is 5. The Balaban J connectivity index is 1.27. The second-order valence-corrected chi connectivity index (χ2v) is 10.0. The van der Waals surface area contributed by atoms with Crippen LogP contribution in [0.3, 0.4) is 0 Å². The molecular weight excluding hydrogens is 541 g/mol. The van der Waals surface area contributed by atoms with Crippen LogP contribution < -0.4 is 10.6 Å². The third-order valence-electron chi connectivity index (χ3n) is 6.23. The van der Waals surface area contributed by atoms with Crippen LogP contribution in [-0.2, 0) is 0 Å². The number of thiocarbonyl (C=S) groups is 1. The molecule has 5 aromatic rings. The molecule has 1 amide bonds. The lowest BCUT2D eigenvalue weighted by molar-refractivity contribution is 0.0951.